The van der Waals surface area contributed by atoms with Gasteiger partial charge in [0.1, 0.15) is 0 Å². The van der Waals surface area contributed by atoms with Crippen molar-refractivity contribution in [2.24, 2.45) is 5.41 Å². The van der Waals surface area contributed by atoms with Crippen LogP contribution in [0.5, 0.6) is 0 Å². The van der Waals surface area contributed by atoms with Gasteiger partial charge in [0.2, 0.25) is 0 Å². The predicted molar refractivity (Wildman–Crippen MR) is 62.8 cm³/mol. The topological polar surface area (TPSA) is 32.3 Å². The van der Waals surface area contributed by atoms with Gasteiger partial charge in [-0.05, 0) is 37.5 Å². The minimum absolute atomic E-state index is 0.0971. The van der Waals surface area contributed by atoms with Crippen LogP contribution in [0.15, 0.2) is 0 Å². The molecule has 2 nitrogen and oxygen atoms in total. The van der Waals surface area contributed by atoms with Crippen molar-refractivity contribution in [1.29, 1.82) is 0 Å². The van der Waals surface area contributed by atoms with Crippen molar-refractivity contribution >= 4 is 0 Å². The van der Waals surface area contributed by atoms with E-state index in [1.165, 1.54) is 44.9 Å². The van der Waals surface area contributed by atoms with Gasteiger partial charge in [0.05, 0.1) is 6.10 Å². The number of aliphatic hydroxyl groups is 1. The molecule has 0 saturated heterocycles. The SMILES string of the molecule is CCC1(CNC2CCCCCC2O)CC1. The Hall–Kier alpha value is -0.0800. The fourth-order valence-electron chi connectivity index (χ4n) is 2.71. The van der Waals surface area contributed by atoms with E-state index in [2.05, 4.69) is 12.2 Å². The quantitative estimate of drug-likeness (QED) is 0.700. The summed E-state index contributed by atoms with van der Waals surface area (Å²) in [6, 6.07) is 0.372. The average molecular weight is 211 g/mol. The molecule has 0 aliphatic heterocycles. The lowest BCUT2D eigenvalue weighted by Gasteiger charge is -2.24. The highest BCUT2D eigenvalue weighted by Gasteiger charge is 2.40. The van der Waals surface area contributed by atoms with E-state index in [1.807, 2.05) is 0 Å². The molecule has 15 heavy (non-hydrogen) atoms. The van der Waals surface area contributed by atoms with Gasteiger partial charge >= 0.3 is 0 Å². The zero-order valence-electron chi connectivity index (χ0n) is 9.97. The van der Waals surface area contributed by atoms with Crippen LogP contribution in [0.25, 0.3) is 0 Å². The molecule has 0 spiro atoms. The molecule has 2 fully saturated rings. The summed E-state index contributed by atoms with van der Waals surface area (Å²) in [5.41, 5.74) is 0.603. The van der Waals surface area contributed by atoms with Crippen molar-refractivity contribution in [3.8, 4) is 0 Å². The molecule has 2 aliphatic carbocycles. The number of nitrogens with one attached hydrogen (secondary N) is 1. The van der Waals surface area contributed by atoms with E-state index in [1.54, 1.807) is 0 Å². The Labute approximate surface area is 93.5 Å². The van der Waals surface area contributed by atoms with E-state index in [-0.39, 0.29) is 6.10 Å². The van der Waals surface area contributed by atoms with E-state index in [0.29, 0.717) is 11.5 Å². The van der Waals surface area contributed by atoms with E-state index >= 15 is 0 Å². The minimum atomic E-state index is -0.0971. The number of aliphatic hydroxyl groups excluding tert-OH is 1. The molecule has 2 saturated carbocycles. The summed E-state index contributed by atoms with van der Waals surface area (Å²) in [5.74, 6) is 0. The molecule has 0 aromatic rings. The molecule has 2 atom stereocenters. The first-order chi connectivity index (χ1) is 7.26. The van der Waals surface area contributed by atoms with Crippen LogP contribution in [-0.4, -0.2) is 23.8 Å². The predicted octanol–water partition coefficient (Wildman–Crippen LogP) is 2.46. The van der Waals surface area contributed by atoms with Gasteiger partial charge < -0.3 is 10.4 Å². The van der Waals surface area contributed by atoms with Crippen molar-refractivity contribution in [2.45, 2.75) is 70.4 Å². The Morgan fingerprint density at radius 3 is 2.60 bits per heavy atom. The Balaban J connectivity index is 1.76. The van der Waals surface area contributed by atoms with Gasteiger partial charge in [-0.2, -0.15) is 0 Å². The maximum Gasteiger partial charge on any atom is 0.0693 e. The van der Waals surface area contributed by atoms with Gasteiger partial charge in [0, 0.05) is 12.6 Å². The van der Waals surface area contributed by atoms with Crippen LogP contribution in [0.3, 0.4) is 0 Å². The monoisotopic (exact) mass is 211 g/mol. The highest BCUT2D eigenvalue weighted by Crippen LogP contribution is 2.48. The standard InChI is InChI=1S/C13H25NO/c1-2-13(8-9-13)10-14-11-6-4-3-5-7-12(11)15/h11-12,14-15H,2-10H2,1H3. The molecule has 2 rings (SSSR count). The maximum atomic E-state index is 9.98. The summed E-state index contributed by atoms with van der Waals surface area (Å²) in [5, 5.41) is 13.6. The summed E-state index contributed by atoms with van der Waals surface area (Å²) in [6.45, 7) is 3.42. The molecule has 88 valence electrons. The summed E-state index contributed by atoms with van der Waals surface area (Å²) >= 11 is 0. The lowest BCUT2D eigenvalue weighted by Crippen LogP contribution is -2.41. The van der Waals surface area contributed by atoms with Crippen LogP contribution in [0.4, 0.5) is 0 Å². The van der Waals surface area contributed by atoms with Gasteiger partial charge in [-0.15, -0.1) is 0 Å². The third-order valence-electron chi connectivity index (χ3n) is 4.43. The van der Waals surface area contributed by atoms with Gasteiger partial charge in [-0.3, -0.25) is 0 Å². The van der Waals surface area contributed by atoms with Gasteiger partial charge in [0.15, 0.2) is 0 Å². The zero-order valence-corrected chi connectivity index (χ0v) is 9.97. The fourth-order valence-corrected chi connectivity index (χ4v) is 2.71. The Kier molecular flexibility index (Phi) is 3.68. The number of hydrogen-bond acceptors (Lipinski definition) is 2. The molecular weight excluding hydrogens is 186 g/mol. The first kappa shape index (κ1) is 11.4. The Bertz CT molecular complexity index is 201. The molecule has 0 amide bonds. The number of hydrogen-bond donors (Lipinski definition) is 2. The van der Waals surface area contributed by atoms with Crippen LogP contribution in [0, 0.1) is 5.41 Å². The largest absolute Gasteiger partial charge is 0.392 e. The molecule has 2 unspecified atom stereocenters. The lowest BCUT2D eigenvalue weighted by atomic mass is 10.0. The Morgan fingerprint density at radius 2 is 1.93 bits per heavy atom. The zero-order chi connectivity index (χ0) is 10.7. The van der Waals surface area contributed by atoms with Crippen molar-refractivity contribution in [3.63, 3.8) is 0 Å². The molecule has 2 heteroatoms. The van der Waals surface area contributed by atoms with Crippen molar-refractivity contribution in [2.75, 3.05) is 6.54 Å². The smallest absolute Gasteiger partial charge is 0.0693 e. The fraction of sp³-hybridized carbons (Fsp3) is 1.00. The molecule has 0 bridgehead atoms. The average Bonchev–Trinajstić information content (AvgIpc) is 3.02. The lowest BCUT2D eigenvalue weighted by molar-refractivity contribution is 0.116. The van der Waals surface area contributed by atoms with Gasteiger partial charge in [-0.1, -0.05) is 26.2 Å². The van der Waals surface area contributed by atoms with Gasteiger partial charge in [0.25, 0.3) is 0 Å². The minimum Gasteiger partial charge on any atom is -0.392 e. The maximum absolute atomic E-state index is 9.98. The first-order valence-corrected chi connectivity index (χ1v) is 6.67. The van der Waals surface area contributed by atoms with Crippen molar-refractivity contribution in [1.82, 2.24) is 5.32 Å². The van der Waals surface area contributed by atoms with E-state index < -0.39 is 0 Å². The van der Waals surface area contributed by atoms with Crippen LogP contribution < -0.4 is 5.32 Å². The molecule has 0 heterocycles. The second-order valence-electron chi connectivity index (χ2n) is 5.55. The molecule has 2 N–H and O–H groups in total. The first-order valence-electron chi connectivity index (χ1n) is 6.67. The number of rotatable bonds is 4. The van der Waals surface area contributed by atoms with Crippen LogP contribution >= 0.6 is 0 Å². The summed E-state index contributed by atoms with van der Waals surface area (Å²) < 4.78 is 0. The van der Waals surface area contributed by atoms with Crippen molar-refractivity contribution < 1.29 is 5.11 Å². The summed E-state index contributed by atoms with van der Waals surface area (Å²) in [6.07, 6.45) is 9.93. The van der Waals surface area contributed by atoms with Crippen LogP contribution in [0.2, 0.25) is 0 Å². The molecule has 0 aromatic carbocycles. The van der Waals surface area contributed by atoms with Crippen molar-refractivity contribution in [3.05, 3.63) is 0 Å². The highest BCUT2D eigenvalue weighted by atomic mass is 16.3. The second-order valence-corrected chi connectivity index (χ2v) is 5.55. The van der Waals surface area contributed by atoms with E-state index in [9.17, 15) is 5.11 Å². The van der Waals surface area contributed by atoms with Crippen LogP contribution in [-0.2, 0) is 0 Å². The van der Waals surface area contributed by atoms with Gasteiger partial charge in [-0.25, -0.2) is 0 Å². The highest BCUT2D eigenvalue weighted by molar-refractivity contribution is 4.95. The molecule has 0 radical (unpaired) electrons. The third kappa shape index (κ3) is 2.94. The molecular formula is C13H25NO. The second kappa shape index (κ2) is 4.84. The third-order valence-corrected chi connectivity index (χ3v) is 4.43. The molecule has 2 aliphatic rings. The van der Waals surface area contributed by atoms with E-state index in [4.69, 9.17) is 0 Å². The summed E-state index contributed by atoms with van der Waals surface area (Å²) in [7, 11) is 0. The summed E-state index contributed by atoms with van der Waals surface area (Å²) in [4.78, 5) is 0. The Morgan fingerprint density at radius 1 is 1.20 bits per heavy atom. The van der Waals surface area contributed by atoms with Crippen LogP contribution in [0.1, 0.15) is 58.3 Å². The molecule has 0 aromatic heterocycles. The normalized spacial score (nSPS) is 34.8. The van der Waals surface area contributed by atoms with E-state index in [0.717, 1.165) is 13.0 Å².